The molecule has 29 heavy (non-hydrogen) atoms. The molecule has 0 radical (unpaired) electrons. The van der Waals surface area contributed by atoms with Crippen molar-refractivity contribution in [3.8, 4) is 5.75 Å². The van der Waals surface area contributed by atoms with Gasteiger partial charge in [-0.1, -0.05) is 25.2 Å². The van der Waals surface area contributed by atoms with Gasteiger partial charge in [0.25, 0.3) is 5.91 Å². The van der Waals surface area contributed by atoms with Gasteiger partial charge in [0.05, 0.1) is 17.3 Å². The number of hydrogen-bond acceptors (Lipinski definition) is 5. The fourth-order valence-corrected chi connectivity index (χ4v) is 4.00. The SMILES string of the molecule is CCN(CC)CCN(C(=O)c1ccc(F)c(F)c1)c1nc2ccc(OC)cc2s1. The van der Waals surface area contributed by atoms with Crippen LogP contribution in [-0.4, -0.2) is 49.1 Å². The van der Waals surface area contributed by atoms with E-state index in [1.807, 2.05) is 18.2 Å². The van der Waals surface area contributed by atoms with Crippen LogP contribution in [0.1, 0.15) is 24.2 Å². The number of carbonyl (C=O) groups is 1. The van der Waals surface area contributed by atoms with Crippen molar-refractivity contribution in [3.05, 3.63) is 53.6 Å². The number of thiazole rings is 1. The van der Waals surface area contributed by atoms with E-state index in [1.54, 1.807) is 7.11 Å². The molecular weight excluding hydrogens is 396 g/mol. The average Bonchev–Trinajstić information content (AvgIpc) is 3.15. The van der Waals surface area contributed by atoms with Gasteiger partial charge in [0, 0.05) is 18.7 Å². The number of aromatic nitrogens is 1. The number of rotatable bonds is 8. The van der Waals surface area contributed by atoms with E-state index >= 15 is 0 Å². The third-order valence-electron chi connectivity index (χ3n) is 4.76. The highest BCUT2D eigenvalue weighted by Crippen LogP contribution is 2.32. The van der Waals surface area contributed by atoms with Crippen LogP contribution in [-0.2, 0) is 0 Å². The average molecular weight is 419 g/mol. The number of anilines is 1. The Morgan fingerprint density at radius 2 is 1.83 bits per heavy atom. The third kappa shape index (κ3) is 4.71. The molecule has 0 aliphatic rings. The molecule has 3 aromatic rings. The van der Waals surface area contributed by atoms with Crippen LogP contribution in [0.4, 0.5) is 13.9 Å². The number of nitrogens with zero attached hydrogens (tertiary/aromatic N) is 3. The standard InChI is InChI=1S/C21H23F2N3O2S/c1-4-25(5-2)10-11-26(20(27)14-6-8-16(22)17(23)12-14)21-24-18-9-7-15(28-3)13-19(18)29-21/h6-9,12-13H,4-5,10-11H2,1-3H3. The smallest absolute Gasteiger partial charge is 0.260 e. The fourth-order valence-electron chi connectivity index (χ4n) is 2.99. The molecule has 0 aliphatic heterocycles. The first-order chi connectivity index (χ1) is 14.0. The Bertz CT molecular complexity index is 1000. The van der Waals surface area contributed by atoms with Gasteiger partial charge in [-0.2, -0.15) is 0 Å². The molecule has 0 spiro atoms. The van der Waals surface area contributed by atoms with Crippen molar-refractivity contribution in [1.29, 1.82) is 0 Å². The number of hydrogen-bond donors (Lipinski definition) is 0. The van der Waals surface area contributed by atoms with E-state index in [1.165, 1.54) is 22.3 Å². The maximum absolute atomic E-state index is 13.7. The molecule has 1 aromatic heterocycles. The van der Waals surface area contributed by atoms with Crippen LogP contribution >= 0.6 is 11.3 Å². The van der Waals surface area contributed by atoms with Gasteiger partial charge in [0.15, 0.2) is 16.8 Å². The highest BCUT2D eigenvalue weighted by molar-refractivity contribution is 7.22. The molecule has 0 atom stereocenters. The second-order valence-electron chi connectivity index (χ2n) is 6.44. The second kappa shape index (κ2) is 9.28. The van der Waals surface area contributed by atoms with Crippen molar-refractivity contribution >= 4 is 32.6 Å². The first kappa shape index (κ1) is 21.1. The Labute approximate surface area is 172 Å². The lowest BCUT2D eigenvalue weighted by Gasteiger charge is -2.24. The van der Waals surface area contributed by atoms with Crippen molar-refractivity contribution in [2.24, 2.45) is 0 Å². The van der Waals surface area contributed by atoms with Crippen molar-refractivity contribution < 1.29 is 18.3 Å². The molecule has 0 bridgehead atoms. The summed E-state index contributed by atoms with van der Waals surface area (Å²) in [5.41, 5.74) is 0.831. The molecule has 0 unspecified atom stereocenters. The Kier molecular flexibility index (Phi) is 6.76. The number of halogens is 2. The van der Waals surface area contributed by atoms with Gasteiger partial charge in [-0.25, -0.2) is 13.8 Å². The summed E-state index contributed by atoms with van der Waals surface area (Å²) in [6.45, 7) is 6.82. The van der Waals surface area contributed by atoms with E-state index in [0.29, 0.717) is 24.0 Å². The number of likely N-dealkylation sites (N-methyl/N-ethyl adjacent to an activating group) is 1. The molecule has 3 rings (SSSR count). The molecule has 1 heterocycles. The third-order valence-corrected chi connectivity index (χ3v) is 5.80. The first-order valence-electron chi connectivity index (χ1n) is 9.40. The lowest BCUT2D eigenvalue weighted by atomic mass is 10.2. The van der Waals surface area contributed by atoms with Crippen molar-refractivity contribution in [2.75, 3.05) is 38.2 Å². The summed E-state index contributed by atoms with van der Waals surface area (Å²) in [5.74, 6) is -1.74. The van der Waals surface area contributed by atoms with Crippen molar-refractivity contribution in [1.82, 2.24) is 9.88 Å². The second-order valence-corrected chi connectivity index (χ2v) is 7.45. The van der Waals surface area contributed by atoms with Crippen LogP contribution in [0.25, 0.3) is 10.2 Å². The molecule has 154 valence electrons. The van der Waals surface area contributed by atoms with Crippen molar-refractivity contribution in [2.45, 2.75) is 13.8 Å². The van der Waals surface area contributed by atoms with Crippen LogP contribution < -0.4 is 9.64 Å². The number of benzene rings is 2. The maximum Gasteiger partial charge on any atom is 0.260 e. The van der Waals surface area contributed by atoms with E-state index < -0.39 is 17.5 Å². The molecule has 0 aliphatic carbocycles. The molecule has 0 fully saturated rings. The monoisotopic (exact) mass is 419 g/mol. The number of ether oxygens (including phenoxy) is 1. The molecule has 5 nitrogen and oxygen atoms in total. The molecule has 0 saturated carbocycles. The lowest BCUT2D eigenvalue weighted by molar-refractivity contribution is 0.0983. The summed E-state index contributed by atoms with van der Waals surface area (Å²) in [5, 5.41) is 0.509. The summed E-state index contributed by atoms with van der Waals surface area (Å²) in [6.07, 6.45) is 0. The van der Waals surface area contributed by atoms with E-state index in [-0.39, 0.29) is 5.56 Å². The molecular formula is C21H23F2N3O2S. The normalized spacial score (nSPS) is 11.2. The highest BCUT2D eigenvalue weighted by Gasteiger charge is 2.23. The van der Waals surface area contributed by atoms with Crippen LogP contribution in [0.2, 0.25) is 0 Å². The Morgan fingerprint density at radius 3 is 2.48 bits per heavy atom. The number of carbonyl (C=O) groups excluding carboxylic acids is 1. The summed E-state index contributed by atoms with van der Waals surface area (Å²) < 4.78 is 33.1. The van der Waals surface area contributed by atoms with Gasteiger partial charge < -0.3 is 9.64 Å². The van der Waals surface area contributed by atoms with Crippen LogP contribution in [0.3, 0.4) is 0 Å². The zero-order valence-electron chi connectivity index (χ0n) is 16.6. The number of methoxy groups -OCH3 is 1. The summed E-state index contributed by atoms with van der Waals surface area (Å²) in [7, 11) is 1.59. The van der Waals surface area contributed by atoms with Crippen LogP contribution in [0.5, 0.6) is 5.75 Å². The first-order valence-corrected chi connectivity index (χ1v) is 10.2. The van der Waals surface area contributed by atoms with Gasteiger partial charge in [-0.15, -0.1) is 0 Å². The minimum absolute atomic E-state index is 0.0836. The van der Waals surface area contributed by atoms with Crippen LogP contribution in [0.15, 0.2) is 36.4 Å². The van der Waals surface area contributed by atoms with Gasteiger partial charge >= 0.3 is 0 Å². The summed E-state index contributed by atoms with van der Waals surface area (Å²) in [4.78, 5) is 21.5. The van der Waals surface area contributed by atoms with Crippen molar-refractivity contribution in [3.63, 3.8) is 0 Å². The van der Waals surface area contributed by atoms with E-state index in [4.69, 9.17) is 4.74 Å². The van der Waals surface area contributed by atoms with E-state index in [9.17, 15) is 13.6 Å². The number of fused-ring (bicyclic) bond motifs is 1. The Hall–Kier alpha value is -2.58. The summed E-state index contributed by atoms with van der Waals surface area (Å²) >= 11 is 1.36. The largest absolute Gasteiger partial charge is 0.497 e. The molecule has 8 heteroatoms. The topological polar surface area (TPSA) is 45.7 Å². The van der Waals surface area contributed by atoms with Crippen LogP contribution in [0, 0.1) is 11.6 Å². The maximum atomic E-state index is 13.7. The van der Waals surface area contributed by atoms with E-state index in [2.05, 4.69) is 23.7 Å². The summed E-state index contributed by atoms with van der Waals surface area (Å²) in [6, 6.07) is 8.69. The molecule has 1 amide bonds. The minimum atomic E-state index is -1.05. The van der Waals surface area contributed by atoms with Gasteiger partial charge in [0.1, 0.15) is 5.75 Å². The molecule has 0 N–H and O–H groups in total. The quantitative estimate of drug-likeness (QED) is 0.537. The zero-order valence-corrected chi connectivity index (χ0v) is 17.4. The Balaban J connectivity index is 1.97. The predicted octanol–water partition coefficient (Wildman–Crippen LogP) is 4.57. The highest BCUT2D eigenvalue weighted by atomic mass is 32.1. The van der Waals surface area contributed by atoms with Gasteiger partial charge in [-0.3, -0.25) is 9.69 Å². The molecule has 0 saturated heterocycles. The lowest BCUT2D eigenvalue weighted by Crippen LogP contribution is -2.39. The zero-order chi connectivity index (χ0) is 21.0. The minimum Gasteiger partial charge on any atom is -0.497 e. The predicted molar refractivity (Wildman–Crippen MR) is 112 cm³/mol. The fraction of sp³-hybridized carbons (Fsp3) is 0.333. The van der Waals surface area contributed by atoms with Gasteiger partial charge in [0.2, 0.25) is 0 Å². The molecule has 2 aromatic carbocycles. The Morgan fingerprint density at radius 1 is 1.07 bits per heavy atom. The van der Waals surface area contributed by atoms with E-state index in [0.717, 1.165) is 35.4 Å². The number of amides is 1. The van der Waals surface area contributed by atoms with Gasteiger partial charge in [-0.05, 0) is 49.5 Å².